The molecule has 6 heteroatoms. The van der Waals surface area contributed by atoms with Gasteiger partial charge >= 0.3 is 6.09 Å². The van der Waals surface area contributed by atoms with E-state index in [1.165, 1.54) is 16.0 Å². The minimum absolute atomic E-state index is 0.0174. The van der Waals surface area contributed by atoms with Gasteiger partial charge in [-0.1, -0.05) is 48.5 Å². The lowest BCUT2D eigenvalue weighted by molar-refractivity contribution is -0.128. The zero-order valence-electron chi connectivity index (χ0n) is 14.9. The van der Waals surface area contributed by atoms with Crippen LogP contribution in [0.1, 0.15) is 23.5 Å². The second kappa shape index (κ2) is 7.40. The van der Waals surface area contributed by atoms with Crippen molar-refractivity contribution >= 4 is 12.0 Å². The van der Waals surface area contributed by atoms with Crippen molar-refractivity contribution in [2.75, 3.05) is 26.3 Å². The number of hydrogen-bond acceptors (Lipinski definition) is 4. The molecule has 4 rings (SSSR count). The van der Waals surface area contributed by atoms with Crippen LogP contribution in [0, 0.1) is 0 Å². The molecule has 2 aliphatic rings. The molecule has 1 fully saturated rings. The van der Waals surface area contributed by atoms with E-state index in [4.69, 9.17) is 4.74 Å². The first-order valence-corrected chi connectivity index (χ1v) is 9.21. The maximum Gasteiger partial charge on any atom is 0.410 e. The summed E-state index contributed by atoms with van der Waals surface area (Å²) in [5.41, 5.74) is 4.64. The molecule has 2 aromatic rings. The minimum atomic E-state index is -0.681. The van der Waals surface area contributed by atoms with Gasteiger partial charge in [-0.2, -0.15) is 0 Å². The minimum Gasteiger partial charge on any atom is -0.448 e. The molecule has 140 valence electrons. The van der Waals surface area contributed by atoms with Crippen LogP contribution in [-0.2, 0) is 9.53 Å². The van der Waals surface area contributed by atoms with Crippen molar-refractivity contribution in [1.82, 2.24) is 10.2 Å². The van der Waals surface area contributed by atoms with Crippen molar-refractivity contribution in [3.63, 3.8) is 0 Å². The third-order valence-corrected chi connectivity index (χ3v) is 5.30. The number of piperazine rings is 1. The van der Waals surface area contributed by atoms with E-state index in [1.54, 1.807) is 0 Å². The highest BCUT2D eigenvalue weighted by Crippen LogP contribution is 2.44. The Kier molecular flexibility index (Phi) is 4.81. The molecule has 1 unspecified atom stereocenters. The van der Waals surface area contributed by atoms with E-state index in [9.17, 15) is 14.7 Å². The van der Waals surface area contributed by atoms with E-state index in [2.05, 4.69) is 29.6 Å². The molecular weight excluding hydrogens is 344 g/mol. The number of ether oxygens (including phenoxy) is 1. The number of nitrogens with one attached hydrogen (secondary N) is 1. The zero-order chi connectivity index (χ0) is 18.8. The van der Waals surface area contributed by atoms with Gasteiger partial charge in [0.2, 0.25) is 5.91 Å². The molecule has 27 heavy (non-hydrogen) atoms. The lowest BCUT2D eigenvalue weighted by Crippen LogP contribution is -2.57. The monoisotopic (exact) mass is 366 g/mol. The zero-order valence-corrected chi connectivity index (χ0v) is 14.9. The molecular formula is C21H22N2O4. The number of rotatable bonds is 4. The molecule has 2 aromatic carbocycles. The Balaban J connectivity index is 1.51. The van der Waals surface area contributed by atoms with E-state index in [-0.39, 0.29) is 31.5 Å². The van der Waals surface area contributed by atoms with Crippen LogP contribution in [0.25, 0.3) is 11.1 Å². The third kappa shape index (κ3) is 3.17. The fraction of sp³-hybridized carbons (Fsp3) is 0.333. The van der Waals surface area contributed by atoms with Gasteiger partial charge in [-0.15, -0.1) is 0 Å². The second-order valence-corrected chi connectivity index (χ2v) is 6.82. The first-order chi connectivity index (χ1) is 13.2. The first-order valence-electron chi connectivity index (χ1n) is 9.21. The molecule has 6 nitrogen and oxygen atoms in total. The van der Waals surface area contributed by atoms with Gasteiger partial charge in [0.15, 0.2) is 0 Å². The van der Waals surface area contributed by atoms with Gasteiger partial charge in [-0.25, -0.2) is 4.79 Å². The summed E-state index contributed by atoms with van der Waals surface area (Å²) >= 11 is 0. The number of aliphatic hydroxyl groups is 1. The summed E-state index contributed by atoms with van der Waals surface area (Å²) in [6.45, 7) is 0.833. The molecule has 0 spiro atoms. The maximum absolute atomic E-state index is 12.7. The average Bonchev–Trinajstić information content (AvgIpc) is 3.02. The van der Waals surface area contributed by atoms with Gasteiger partial charge in [0.05, 0.1) is 0 Å². The Bertz CT molecular complexity index is 821. The smallest absolute Gasteiger partial charge is 0.410 e. The molecule has 2 N–H and O–H groups in total. The Hall–Kier alpha value is -2.86. The molecule has 1 saturated heterocycles. The SMILES string of the molecule is O=C1NCCN(C(=O)OCC2c3ccccc3-c3ccccc32)C1CCO. The standard InChI is InChI=1S/C21H22N2O4/c24-12-9-19-20(25)22-10-11-23(19)21(26)27-13-18-16-7-3-1-5-14(16)15-6-2-4-8-17(15)18/h1-8,18-19,24H,9-13H2,(H,22,25). The van der Waals surface area contributed by atoms with Crippen molar-refractivity contribution in [1.29, 1.82) is 0 Å². The summed E-state index contributed by atoms with van der Waals surface area (Å²) in [5, 5.41) is 11.9. The number of hydrogen-bond donors (Lipinski definition) is 2. The average molecular weight is 366 g/mol. The van der Waals surface area contributed by atoms with Crippen LogP contribution in [0.5, 0.6) is 0 Å². The predicted molar refractivity (Wildman–Crippen MR) is 100 cm³/mol. The van der Waals surface area contributed by atoms with Crippen LogP contribution in [0.4, 0.5) is 4.79 Å². The van der Waals surface area contributed by atoms with Crippen molar-refractivity contribution in [2.24, 2.45) is 0 Å². The summed E-state index contributed by atoms with van der Waals surface area (Å²) < 4.78 is 5.63. The highest BCUT2D eigenvalue weighted by atomic mass is 16.6. The number of carbonyl (C=O) groups is 2. The Morgan fingerprint density at radius 1 is 1.11 bits per heavy atom. The molecule has 1 aliphatic carbocycles. The third-order valence-electron chi connectivity index (χ3n) is 5.30. The van der Waals surface area contributed by atoms with Crippen LogP contribution in [0.3, 0.4) is 0 Å². The van der Waals surface area contributed by atoms with Gasteiger partial charge in [0.25, 0.3) is 0 Å². The Morgan fingerprint density at radius 3 is 2.37 bits per heavy atom. The lowest BCUT2D eigenvalue weighted by atomic mass is 9.98. The first kappa shape index (κ1) is 17.5. The number of amides is 2. The van der Waals surface area contributed by atoms with Crippen molar-refractivity contribution in [3.05, 3.63) is 59.7 Å². The molecule has 0 saturated carbocycles. The van der Waals surface area contributed by atoms with Gasteiger partial charge < -0.3 is 15.2 Å². The van der Waals surface area contributed by atoms with Crippen LogP contribution >= 0.6 is 0 Å². The predicted octanol–water partition coefficient (Wildman–Crippen LogP) is 2.12. The summed E-state index contributed by atoms with van der Waals surface area (Å²) in [7, 11) is 0. The van der Waals surface area contributed by atoms with Crippen LogP contribution in [0.15, 0.2) is 48.5 Å². The highest BCUT2D eigenvalue weighted by molar-refractivity contribution is 5.87. The van der Waals surface area contributed by atoms with E-state index in [0.717, 1.165) is 11.1 Å². The number of benzene rings is 2. The van der Waals surface area contributed by atoms with Crippen molar-refractivity contribution < 1.29 is 19.4 Å². The van der Waals surface area contributed by atoms with Crippen LogP contribution < -0.4 is 5.32 Å². The largest absolute Gasteiger partial charge is 0.448 e. The summed E-state index contributed by atoms with van der Waals surface area (Å²) in [6.07, 6.45) is -0.305. The Labute approximate surface area is 157 Å². The van der Waals surface area contributed by atoms with Gasteiger partial charge in [-0.3, -0.25) is 9.69 Å². The number of carbonyl (C=O) groups excluding carboxylic acids is 2. The fourth-order valence-electron chi connectivity index (χ4n) is 4.02. The van der Waals surface area contributed by atoms with Gasteiger partial charge in [0, 0.05) is 32.0 Å². The summed E-state index contributed by atoms with van der Waals surface area (Å²) in [6, 6.07) is 15.6. The lowest BCUT2D eigenvalue weighted by Gasteiger charge is -2.34. The van der Waals surface area contributed by atoms with Crippen LogP contribution in [0.2, 0.25) is 0 Å². The number of nitrogens with zero attached hydrogens (tertiary/aromatic N) is 1. The molecule has 1 atom stereocenters. The van der Waals surface area contributed by atoms with E-state index >= 15 is 0 Å². The Morgan fingerprint density at radius 2 is 1.74 bits per heavy atom. The molecule has 2 amide bonds. The molecule has 0 bridgehead atoms. The second-order valence-electron chi connectivity index (χ2n) is 6.82. The molecule has 1 aliphatic heterocycles. The molecule has 0 aromatic heterocycles. The molecule has 1 heterocycles. The summed E-state index contributed by atoms with van der Waals surface area (Å²) in [4.78, 5) is 26.1. The number of fused-ring (bicyclic) bond motifs is 3. The topological polar surface area (TPSA) is 78.9 Å². The fourth-order valence-corrected chi connectivity index (χ4v) is 4.02. The van der Waals surface area contributed by atoms with E-state index < -0.39 is 12.1 Å². The quantitative estimate of drug-likeness (QED) is 0.869. The maximum atomic E-state index is 12.7. The number of aliphatic hydroxyl groups excluding tert-OH is 1. The van der Waals surface area contributed by atoms with Crippen molar-refractivity contribution in [3.8, 4) is 11.1 Å². The highest BCUT2D eigenvalue weighted by Gasteiger charge is 2.35. The van der Waals surface area contributed by atoms with Crippen molar-refractivity contribution in [2.45, 2.75) is 18.4 Å². The van der Waals surface area contributed by atoms with Gasteiger partial charge in [0.1, 0.15) is 12.6 Å². The normalized spacial score (nSPS) is 18.6. The van der Waals surface area contributed by atoms with E-state index in [1.807, 2.05) is 24.3 Å². The summed E-state index contributed by atoms with van der Waals surface area (Å²) in [5.74, 6) is -0.264. The van der Waals surface area contributed by atoms with E-state index in [0.29, 0.717) is 13.1 Å². The molecule has 0 radical (unpaired) electrons. The van der Waals surface area contributed by atoms with Gasteiger partial charge in [-0.05, 0) is 22.3 Å². The van der Waals surface area contributed by atoms with Crippen LogP contribution in [-0.4, -0.2) is 54.4 Å².